The molecule has 5 rings (SSSR count). The molecule has 1 spiro atoms. The Balaban J connectivity index is 1.73. The fraction of sp³-hybridized carbons (Fsp3) is 0.167. The second-order valence-electron chi connectivity index (χ2n) is 7.31. The molecule has 0 saturated carbocycles. The highest BCUT2D eigenvalue weighted by molar-refractivity contribution is 8.01. The maximum atomic E-state index is 11.3. The van der Waals surface area contributed by atoms with Gasteiger partial charge in [-0.15, -0.1) is 0 Å². The molecule has 3 aromatic carbocycles. The van der Waals surface area contributed by atoms with Gasteiger partial charge in [-0.05, 0) is 48.0 Å². The smallest absolute Gasteiger partial charge is 0.270 e. The third-order valence-corrected chi connectivity index (χ3v) is 6.75. The average molecular weight is 417 g/mol. The van der Waals surface area contributed by atoms with Crippen LogP contribution >= 0.6 is 11.8 Å². The summed E-state index contributed by atoms with van der Waals surface area (Å²) < 4.78 is 6.73. The molecule has 0 radical (unpaired) electrons. The number of nitro groups is 1. The lowest BCUT2D eigenvalue weighted by Crippen LogP contribution is -2.50. The SMILES string of the molecule is CCCN1c2ccccc2SC12Oc1ccc([N+](=O)[O-])cc1C=C2c1ccccc1. The average Bonchev–Trinajstić information content (AvgIpc) is 3.07. The van der Waals surface area contributed by atoms with Crippen molar-refractivity contribution in [2.45, 2.75) is 23.3 Å². The zero-order valence-electron chi connectivity index (χ0n) is 16.4. The van der Waals surface area contributed by atoms with Gasteiger partial charge < -0.3 is 9.64 Å². The van der Waals surface area contributed by atoms with E-state index in [1.165, 1.54) is 6.07 Å². The fourth-order valence-electron chi connectivity index (χ4n) is 4.09. The first-order valence-corrected chi connectivity index (χ1v) is 10.7. The first-order valence-electron chi connectivity index (χ1n) is 9.93. The van der Waals surface area contributed by atoms with Gasteiger partial charge in [0.15, 0.2) is 0 Å². The van der Waals surface area contributed by atoms with Crippen molar-refractivity contribution in [3.8, 4) is 5.75 Å². The topological polar surface area (TPSA) is 55.6 Å². The van der Waals surface area contributed by atoms with Crippen molar-refractivity contribution < 1.29 is 9.66 Å². The van der Waals surface area contributed by atoms with Crippen LogP contribution in [0.15, 0.2) is 77.7 Å². The van der Waals surface area contributed by atoms with Crippen molar-refractivity contribution in [1.29, 1.82) is 0 Å². The van der Waals surface area contributed by atoms with Crippen molar-refractivity contribution in [1.82, 2.24) is 0 Å². The van der Waals surface area contributed by atoms with Gasteiger partial charge in [0, 0.05) is 34.7 Å². The van der Waals surface area contributed by atoms with E-state index in [-0.39, 0.29) is 10.6 Å². The van der Waals surface area contributed by atoms with E-state index in [1.807, 2.05) is 36.4 Å². The molecular formula is C24H20N2O3S. The lowest BCUT2D eigenvalue weighted by Gasteiger charge is -2.43. The third kappa shape index (κ3) is 2.87. The molecule has 2 aliphatic rings. The highest BCUT2D eigenvalue weighted by Gasteiger charge is 2.52. The number of para-hydroxylation sites is 1. The van der Waals surface area contributed by atoms with Gasteiger partial charge in [-0.1, -0.05) is 49.4 Å². The van der Waals surface area contributed by atoms with Crippen LogP contribution in [0.5, 0.6) is 5.75 Å². The first-order chi connectivity index (χ1) is 14.6. The molecule has 1 atom stereocenters. The number of fused-ring (bicyclic) bond motifs is 2. The number of nitro benzene ring substituents is 1. The van der Waals surface area contributed by atoms with Crippen molar-refractivity contribution in [3.05, 3.63) is 94.0 Å². The molecule has 0 N–H and O–H groups in total. The summed E-state index contributed by atoms with van der Waals surface area (Å²) in [5.41, 5.74) is 3.96. The lowest BCUT2D eigenvalue weighted by atomic mass is 9.96. The van der Waals surface area contributed by atoms with E-state index in [2.05, 4.69) is 36.1 Å². The van der Waals surface area contributed by atoms with Gasteiger partial charge in [-0.3, -0.25) is 10.1 Å². The summed E-state index contributed by atoms with van der Waals surface area (Å²) in [5, 5.41) is 10.5. The molecule has 3 aromatic rings. The molecule has 0 aliphatic carbocycles. The number of nitrogens with zero attached hydrogens (tertiary/aromatic N) is 2. The number of ether oxygens (including phenoxy) is 1. The minimum Gasteiger partial charge on any atom is -0.453 e. The Labute approximate surface area is 179 Å². The number of anilines is 1. The number of thioether (sulfide) groups is 1. The Hall–Kier alpha value is -3.25. The summed E-state index contributed by atoms with van der Waals surface area (Å²) in [6.07, 6.45) is 3.01. The molecule has 6 heteroatoms. The van der Waals surface area contributed by atoms with E-state index in [0.29, 0.717) is 5.75 Å². The van der Waals surface area contributed by atoms with Crippen LogP contribution in [0.2, 0.25) is 0 Å². The molecule has 0 saturated heterocycles. The zero-order chi connectivity index (χ0) is 20.7. The Morgan fingerprint density at radius 2 is 1.83 bits per heavy atom. The van der Waals surface area contributed by atoms with Crippen LogP contribution in [0, 0.1) is 10.1 Å². The molecule has 1 unspecified atom stereocenters. The number of non-ortho nitro benzene ring substituents is 1. The number of rotatable bonds is 4. The normalized spacial score (nSPS) is 19.1. The van der Waals surface area contributed by atoms with E-state index < -0.39 is 5.06 Å². The first kappa shape index (κ1) is 18.8. The van der Waals surface area contributed by atoms with Crippen LogP contribution in [-0.2, 0) is 0 Å². The predicted octanol–water partition coefficient (Wildman–Crippen LogP) is 6.20. The minimum absolute atomic E-state index is 0.0599. The van der Waals surface area contributed by atoms with E-state index in [0.717, 1.165) is 40.2 Å². The van der Waals surface area contributed by atoms with Crippen LogP contribution in [0.4, 0.5) is 11.4 Å². The van der Waals surface area contributed by atoms with Gasteiger partial charge >= 0.3 is 0 Å². The molecule has 2 heterocycles. The second-order valence-corrected chi connectivity index (χ2v) is 8.51. The van der Waals surface area contributed by atoms with Crippen LogP contribution < -0.4 is 9.64 Å². The fourth-order valence-corrected chi connectivity index (χ4v) is 5.53. The van der Waals surface area contributed by atoms with E-state index in [9.17, 15) is 10.1 Å². The molecule has 0 amide bonds. The van der Waals surface area contributed by atoms with Gasteiger partial charge in [0.1, 0.15) is 5.75 Å². The summed E-state index contributed by atoms with van der Waals surface area (Å²) in [4.78, 5) is 14.4. The van der Waals surface area contributed by atoms with Gasteiger partial charge in [0.2, 0.25) is 0 Å². The summed E-state index contributed by atoms with van der Waals surface area (Å²) in [7, 11) is 0. The molecule has 150 valence electrons. The monoisotopic (exact) mass is 416 g/mol. The molecule has 5 nitrogen and oxygen atoms in total. The number of hydrogen-bond donors (Lipinski definition) is 0. The van der Waals surface area contributed by atoms with E-state index >= 15 is 0 Å². The van der Waals surface area contributed by atoms with Gasteiger partial charge in [0.05, 0.1) is 10.6 Å². The van der Waals surface area contributed by atoms with Crippen molar-refractivity contribution in [2.75, 3.05) is 11.4 Å². The lowest BCUT2D eigenvalue weighted by molar-refractivity contribution is -0.384. The Morgan fingerprint density at radius 1 is 1.07 bits per heavy atom. The highest BCUT2D eigenvalue weighted by Crippen LogP contribution is 2.58. The molecule has 2 aliphatic heterocycles. The van der Waals surface area contributed by atoms with Crippen LogP contribution in [-0.4, -0.2) is 16.5 Å². The summed E-state index contributed by atoms with van der Waals surface area (Å²) in [6, 6.07) is 23.3. The Bertz CT molecular complexity index is 1160. The van der Waals surface area contributed by atoms with E-state index in [4.69, 9.17) is 4.74 Å². The van der Waals surface area contributed by atoms with Gasteiger partial charge in [0.25, 0.3) is 10.7 Å². The van der Waals surface area contributed by atoms with Crippen LogP contribution in [0.3, 0.4) is 0 Å². The summed E-state index contributed by atoms with van der Waals surface area (Å²) in [6.45, 7) is 2.99. The largest absolute Gasteiger partial charge is 0.453 e. The number of hydrogen-bond acceptors (Lipinski definition) is 5. The number of benzene rings is 3. The standard InChI is InChI=1S/C24H20N2O3S/c1-2-14-25-21-10-6-7-11-23(21)30-24(25)20(17-8-4-3-5-9-17)16-18-15-19(26(27)28)12-13-22(18)29-24/h3-13,15-16H,2,14H2,1H3. The van der Waals surface area contributed by atoms with Crippen LogP contribution in [0.25, 0.3) is 11.6 Å². The Morgan fingerprint density at radius 3 is 2.60 bits per heavy atom. The van der Waals surface area contributed by atoms with Gasteiger partial charge in [-0.2, -0.15) is 0 Å². The molecule has 0 aromatic heterocycles. The summed E-state index contributed by atoms with van der Waals surface area (Å²) >= 11 is 1.69. The second kappa shape index (κ2) is 7.22. The minimum atomic E-state index is -0.760. The molecule has 30 heavy (non-hydrogen) atoms. The molecule has 0 fully saturated rings. The molecule has 0 bridgehead atoms. The van der Waals surface area contributed by atoms with E-state index in [1.54, 1.807) is 23.9 Å². The third-order valence-electron chi connectivity index (χ3n) is 5.38. The maximum Gasteiger partial charge on any atom is 0.270 e. The zero-order valence-corrected chi connectivity index (χ0v) is 17.3. The molecular weight excluding hydrogens is 396 g/mol. The highest BCUT2D eigenvalue weighted by atomic mass is 32.2. The van der Waals surface area contributed by atoms with Crippen molar-refractivity contribution in [2.24, 2.45) is 0 Å². The Kier molecular flexibility index (Phi) is 4.51. The van der Waals surface area contributed by atoms with Crippen LogP contribution in [0.1, 0.15) is 24.5 Å². The predicted molar refractivity (Wildman–Crippen MR) is 121 cm³/mol. The van der Waals surface area contributed by atoms with Crippen molar-refractivity contribution in [3.63, 3.8) is 0 Å². The maximum absolute atomic E-state index is 11.3. The van der Waals surface area contributed by atoms with Crippen molar-refractivity contribution >= 4 is 34.8 Å². The summed E-state index contributed by atoms with van der Waals surface area (Å²) in [5.74, 6) is 0.654. The van der Waals surface area contributed by atoms with Gasteiger partial charge in [-0.25, -0.2) is 0 Å². The quantitative estimate of drug-likeness (QED) is 0.374.